The highest BCUT2D eigenvalue weighted by Crippen LogP contribution is 2.34. The number of nitrogens with zero attached hydrogens (tertiary/aromatic N) is 6. The molecular weight excluding hydrogens is 521 g/mol. The fourth-order valence-corrected chi connectivity index (χ4v) is 5.37. The average molecular weight is 543 g/mol. The maximum atomic E-state index is 14.1. The van der Waals surface area contributed by atoms with Gasteiger partial charge >= 0.3 is 0 Å². The quantitative estimate of drug-likeness (QED) is 0.356. The number of carbonyl (C=O) groups excluding carboxylic acids is 2. The van der Waals surface area contributed by atoms with E-state index in [1.165, 1.54) is 16.9 Å². The van der Waals surface area contributed by atoms with E-state index in [2.05, 4.69) is 16.2 Å². The summed E-state index contributed by atoms with van der Waals surface area (Å²) in [6.45, 7) is 0.738. The van der Waals surface area contributed by atoms with E-state index in [-0.39, 0.29) is 35.7 Å². The number of nitriles is 1. The van der Waals surface area contributed by atoms with Crippen LogP contribution in [-0.4, -0.2) is 50.6 Å². The second-order valence-corrected chi connectivity index (χ2v) is 9.71. The number of amides is 2. The fraction of sp³-hybridized carbons (Fsp3) is 0.207. The van der Waals surface area contributed by atoms with Crippen LogP contribution >= 0.6 is 0 Å². The van der Waals surface area contributed by atoms with Crippen molar-refractivity contribution in [3.05, 3.63) is 95.2 Å². The second kappa shape index (κ2) is 9.96. The van der Waals surface area contributed by atoms with E-state index in [1.54, 1.807) is 46.3 Å². The molecule has 0 radical (unpaired) electrons. The van der Waals surface area contributed by atoms with Crippen molar-refractivity contribution >= 4 is 17.5 Å². The Morgan fingerprint density at radius 2 is 1.77 bits per heavy atom. The number of fused-ring (bicyclic) bond motifs is 1. The summed E-state index contributed by atoms with van der Waals surface area (Å²) in [7, 11) is 0. The first kappa shape index (κ1) is 25.3. The summed E-state index contributed by atoms with van der Waals surface area (Å²) in [5.74, 6) is -4.76. The molecule has 2 aliphatic heterocycles. The Labute approximate surface area is 226 Å². The monoisotopic (exact) mass is 542 g/mol. The van der Waals surface area contributed by atoms with Crippen LogP contribution in [-0.2, 0) is 11.2 Å². The van der Waals surface area contributed by atoms with Gasteiger partial charge in [0.15, 0.2) is 23.1 Å². The molecule has 11 heteroatoms. The highest BCUT2D eigenvalue weighted by atomic mass is 19.2. The molecule has 2 aromatic carbocycles. The van der Waals surface area contributed by atoms with Crippen molar-refractivity contribution in [2.75, 3.05) is 18.0 Å². The molecular formula is C29H21F3N6O2. The normalized spacial score (nSPS) is 15.3. The number of piperidine rings is 1. The molecule has 0 atom stereocenters. The lowest BCUT2D eigenvalue weighted by molar-refractivity contribution is -0.118. The molecule has 0 N–H and O–H groups in total. The Bertz CT molecular complexity index is 1670. The number of anilines is 1. The van der Waals surface area contributed by atoms with Crippen molar-refractivity contribution in [2.45, 2.75) is 25.3 Å². The maximum Gasteiger partial charge on any atom is 0.274 e. The standard InChI is InChI=1S/C29H21F3N6O2/c30-22-12-21(13-23(31)28(22)32)38-26(18-2-1-7-34-16-18)14-24(35-38)29(40)36-8-5-20(6-9-36)37-25-4-3-17(15-33)10-19(25)11-27(37)39/h1-4,7,10,12-14,16,20H,5-6,8-9,11H2. The summed E-state index contributed by atoms with van der Waals surface area (Å²) in [5, 5.41) is 13.5. The number of aromatic nitrogens is 3. The first-order valence-electron chi connectivity index (χ1n) is 12.6. The van der Waals surface area contributed by atoms with Crippen LogP contribution in [0.3, 0.4) is 0 Å². The van der Waals surface area contributed by atoms with E-state index in [1.807, 2.05) is 0 Å². The van der Waals surface area contributed by atoms with Gasteiger partial charge in [-0.25, -0.2) is 17.9 Å². The van der Waals surface area contributed by atoms with Gasteiger partial charge in [-0.05, 0) is 54.8 Å². The number of hydrogen-bond donors (Lipinski definition) is 0. The lowest BCUT2D eigenvalue weighted by atomic mass is 10.0. The molecule has 8 nitrogen and oxygen atoms in total. The molecule has 200 valence electrons. The number of halogens is 3. The van der Waals surface area contributed by atoms with E-state index in [9.17, 15) is 22.8 Å². The van der Waals surface area contributed by atoms with Gasteiger partial charge in [-0.15, -0.1) is 0 Å². The molecule has 0 unspecified atom stereocenters. The minimum atomic E-state index is -1.59. The highest BCUT2D eigenvalue weighted by molar-refractivity contribution is 6.02. The molecule has 40 heavy (non-hydrogen) atoms. The van der Waals surface area contributed by atoms with Crippen molar-refractivity contribution in [3.8, 4) is 23.0 Å². The molecule has 6 rings (SSSR count). The van der Waals surface area contributed by atoms with E-state index in [0.29, 0.717) is 42.8 Å². The minimum Gasteiger partial charge on any atom is -0.337 e. The van der Waals surface area contributed by atoms with Gasteiger partial charge in [-0.3, -0.25) is 14.6 Å². The molecule has 0 bridgehead atoms. The zero-order valence-corrected chi connectivity index (χ0v) is 21.0. The van der Waals surface area contributed by atoms with Crippen LogP contribution in [0, 0.1) is 28.8 Å². The van der Waals surface area contributed by atoms with Crippen molar-refractivity contribution in [3.63, 3.8) is 0 Å². The third-order valence-electron chi connectivity index (χ3n) is 7.29. The third kappa shape index (κ3) is 4.37. The number of carbonyl (C=O) groups is 2. The molecule has 2 aliphatic rings. The van der Waals surface area contributed by atoms with Crippen molar-refractivity contribution in [1.82, 2.24) is 19.7 Å². The van der Waals surface area contributed by atoms with Gasteiger partial charge in [0.05, 0.1) is 29.4 Å². The van der Waals surface area contributed by atoms with Crippen molar-refractivity contribution < 1.29 is 22.8 Å². The zero-order valence-electron chi connectivity index (χ0n) is 21.0. The Hall–Kier alpha value is -4.98. The molecule has 4 heterocycles. The van der Waals surface area contributed by atoms with Gasteiger partial charge in [0.2, 0.25) is 5.91 Å². The number of pyridine rings is 1. The van der Waals surface area contributed by atoms with Gasteiger partial charge < -0.3 is 9.80 Å². The number of hydrogen-bond acceptors (Lipinski definition) is 5. The Morgan fingerprint density at radius 3 is 2.45 bits per heavy atom. The summed E-state index contributed by atoms with van der Waals surface area (Å²) in [6, 6.07) is 13.7. The van der Waals surface area contributed by atoms with Gasteiger partial charge in [0.1, 0.15) is 0 Å². The number of benzene rings is 2. The third-order valence-corrected chi connectivity index (χ3v) is 7.29. The van der Waals surface area contributed by atoms with Gasteiger partial charge in [0, 0.05) is 54.9 Å². The van der Waals surface area contributed by atoms with Crippen LogP contribution in [0.5, 0.6) is 0 Å². The minimum absolute atomic E-state index is 0.0338. The molecule has 0 spiro atoms. The SMILES string of the molecule is N#Cc1ccc2c(c1)CC(=O)N2C1CCN(C(=O)c2cc(-c3cccnc3)n(-c3cc(F)c(F)c(F)c3)n2)CC1. The van der Waals surface area contributed by atoms with Crippen molar-refractivity contribution in [2.24, 2.45) is 0 Å². The molecule has 1 saturated heterocycles. The molecule has 1 fully saturated rings. The lowest BCUT2D eigenvalue weighted by Crippen LogP contribution is -2.48. The van der Waals surface area contributed by atoms with Gasteiger partial charge in [-0.2, -0.15) is 10.4 Å². The molecule has 2 aromatic heterocycles. The number of rotatable bonds is 4. The Kier molecular flexibility index (Phi) is 6.30. The van der Waals surface area contributed by atoms with Crippen LogP contribution in [0.25, 0.3) is 16.9 Å². The largest absolute Gasteiger partial charge is 0.337 e. The second-order valence-electron chi connectivity index (χ2n) is 9.71. The molecule has 0 saturated carbocycles. The van der Waals surface area contributed by atoms with E-state index in [0.717, 1.165) is 23.4 Å². The molecule has 4 aromatic rings. The smallest absolute Gasteiger partial charge is 0.274 e. The van der Waals surface area contributed by atoms with Gasteiger partial charge in [0.25, 0.3) is 5.91 Å². The summed E-state index contributed by atoms with van der Waals surface area (Å²) in [6.07, 6.45) is 4.41. The topological polar surface area (TPSA) is 95.1 Å². The Morgan fingerprint density at radius 1 is 1.02 bits per heavy atom. The van der Waals surface area contributed by atoms with Crippen LogP contribution in [0.2, 0.25) is 0 Å². The molecule has 0 aliphatic carbocycles. The van der Waals surface area contributed by atoms with E-state index >= 15 is 0 Å². The highest BCUT2D eigenvalue weighted by Gasteiger charge is 2.36. The maximum absolute atomic E-state index is 14.1. The van der Waals surface area contributed by atoms with Crippen LogP contribution < -0.4 is 4.90 Å². The van der Waals surface area contributed by atoms with E-state index < -0.39 is 17.5 Å². The zero-order chi connectivity index (χ0) is 28.0. The Balaban J connectivity index is 1.25. The summed E-state index contributed by atoms with van der Waals surface area (Å²) in [5.41, 5.74) is 2.99. The lowest BCUT2D eigenvalue weighted by Gasteiger charge is -2.36. The van der Waals surface area contributed by atoms with Crippen LogP contribution in [0.1, 0.15) is 34.5 Å². The fourth-order valence-electron chi connectivity index (χ4n) is 5.37. The first-order valence-corrected chi connectivity index (χ1v) is 12.6. The summed E-state index contributed by atoms with van der Waals surface area (Å²) < 4.78 is 42.9. The number of likely N-dealkylation sites (tertiary alicyclic amines) is 1. The predicted octanol–water partition coefficient (Wildman–Crippen LogP) is 4.42. The summed E-state index contributed by atoms with van der Waals surface area (Å²) >= 11 is 0. The summed E-state index contributed by atoms with van der Waals surface area (Å²) in [4.78, 5) is 33.8. The van der Waals surface area contributed by atoms with Crippen LogP contribution in [0.15, 0.2) is 60.9 Å². The first-order chi connectivity index (χ1) is 19.3. The van der Waals surface area contributed by atoms with Crippen molar-refractivity contribution in [1.29, 1.82) is 5.26 Å². The van der Waals surface area contributed by atoms with E-state index in [4.69, 9.17) is 5.26 Å². The average Bonchev–Trinajstić information content (AvgIpc) is 3.56. The van der Waals surface area contributed by atoms with Crippen LogP contribution in [0.4, 0.5) is 18.9 Å². The van der Waals surface area contributed by atoms with Gasteiger partial charge in [-0.1, -0.05) is 0 Å². The molecule has 2 amide bonds. The predicted molar refractivity (Wildman–Crippen MR) is 138 cm³/mol.